The number of nitrogens with one attached hydrogen (secondary N) is 1. The lowest BCUT2D eigenvalue weighted by molar-refractivity contribution is -0.141. The van der Waals surface area contributed by atoms with Crippen molar-refractivity contribution in [2.24, 2.45) is 0 Å². The van der Waals surface area contributed by atoms with E-state index in [0.29, 0.717) is 16.5 Å². The molecule has 0 fully saturated rings. The molecule has 3 rings (SSSR count). The Morgan fingerprint density at radius 2 is 2.22 bits per heavy atom. The van der Waals surface area contributed by atoms with E-state index in [-0.39, 0.29) is 25.5 Å². The number of anilines is 1. The van der Waals surface area contributed by atoms with Crippen LogP contribution in [0.2, 0.25) is 5.02 Å². The van der Waals surface area contributed by atoms with E-state index < -0.39 is 17.9 Å². The number of ether oxygens (including phenoxy) is 2. The lowest BCUT2D eigenvalue weighted by Gasteiger charge is -2.29. The summed E-state index contributed by atoms with van der Waals surface area (Å²) >= 11 is 7.43. The molecule has 0 aliphatic carbocycles. The van der Waals surface area contributed by atoms with Gasteiger partial charge in [0, 0.05) is 9.90 Å². The van der Waals surface area contributed by atoms with Crippen molar-refractivity contribution in [3.63, 3.8) is 0 Å². The van der Waals surface area contributed by atoms with Crippen molar-refractivity contribution in [2.75, 3.05) is 25.2 Å². The summed E-state index contributed by atoms with van der Waals surface area (Å²) < 4.78 is 10.1. The Bertz CT molecular complexity index is 855. The first-order valence-corrected chi connectivity index (χ1v) is 9.36. The largest absolute Gasteiger partial charge is 0.482 e. The second-order valence-electron chi connectivity index (χ2n) is 5.80. The number of halogens is 1. The van der Waals surface area contributed by atoms with Crippen LogP contribution in [0.1, 0.15) is 17.3 Å². The van der Waals surface area contributed by atoms with Crippen LogP contribution in [0.25, 0.3) is 0 Å². The molecule has 1 aliphatic heterocycles. The molecule has 1 aliphatic rings. The summed E-state index contributed by atoms with van der Waals surface area (Å²) in [6.45, 7) is -0.364. The molecular weight excluding hydrogens is 392 g/mol. The van der Waals surface area contributed by atoms with Crippen LogP contribution in [0.4, 0.5) is 5.69 Å². The zero-order valence-electron chi connectivity index (χ0n) is 14.4. The van der Waals surface area contributed by atoms with Gasteiger partial charge in [-0.1, -0.05) is 17.7 Å². The molecule has 2 heterocycles. The predicted octanol–water partition coefficient (Wildman–Crippen LogP) is 2.55. The van der Waals surface area contributed by atoms with E-state index in [9.17, 15) is 14.4 Å². The Morgan fingerprint density at radius 3 is 2.93 bits per heavy atom. The van der Waals surface area contributed by atoms with Gasteiger partial charge in [0.05, 0.1) is 25.3 Å². The van der Waals surface area contributed by atoms with Gasteiger partial charge in [0.15, 0.2) is 6.61 Å². The molecule has 1 aromatic carbocycles. The highest BCUT2D eigenvalue weighted by molar-refractivity contribution is 7.10. The van der Waals surface area contributed by atoms with Crippen LogP contribution in [0, 0.1) is 0 Å². The van der Waals surface area contributed by atoms with Gasteiger partial charge in [-0.15, -0.1) is 11.3 Å². The summed E-state index contributed by atoms with van der Waals surface area (Å²) in [7, 11) is 1.29. The fourth-order valence-corrected chi connectivity index (χ4v) is 3.64. The van der Waals surface area contributed by atoms with Crippen molar-refractivity contribution in [3.05, 3.63) is 45.6 Å². The SMILES string of the molecule is COC(=O)CC(NC(=O)CN1C(=O)COc2ccc(Cl)cc21)c1cccs1. The van der Waals surface area contributed by atoms with Crippen LogP contribution < -0.4 is 15.0 Å². The quantitative estimate of drug-likeness (QED) is 0.742. The summed E-state index contributed by atoms with van der Waals surface area (Å²) in [6.07, 6.45) is 0.00221. The fourth-order valence-electron chi connectivity index (χ4n) is 2.69. The average Bonchev–Trinajstić information content (AvgIpc) is 3.18. The zero-order chi connectivity index (χ0) is 19.4. The minimum absolute atomic E-state index is 0.00221. The van der Waals surface area contributed by atoms with Crippen LogP contribution in [-0.2, 0) is 19.1 Å². The fraction of sp³-hybridized carbons (Fsp3) is 0.278. The van der Waals surface area contributed by atoms with Crippen molar-refractivity contribution in [2.45, 2.75) is 12.5 Å². The molecule has 9 heteroatoms. The van der Waals surface area contributed by atoms with Crippen LogP contribution >= 0.6 is 22.9 Å². The molecule has 7 nitrogen and oxygen atoms in total. The van der Waals surface area contributed by atoms with Gasteiger partial charge in [-0.25, -0.2) is 0 Å². The first kappa shape index (κ1) is 19.2. The average molecular weight is 409 g/mol. The molecule has 1 N–H and O–H groups in total. The number of carbonyl (C=O) groups is 3. The summed E-state index contributed by atoms with van der Waals surface area (Å²) in [5.41, 5.74) is 0.439. The topological polar surface area (TPSA) is 84.9 Å². The van der Waals surface area contributed by atoms with Gasteiger partial charge in [0.1, 0.15) is 12.3 Å². The summed E-state index contributed by atoms with van der Waals surface area (Å²) in [6, 6.07) is 8.01. The van der Waals surface area contributed by atoms with E-state index in [2.05, 4.69) is 5.32 Å². The highest BCUT2D eigenvalue weighted by Crippen LogP contribution is 2.34. The third-order valence-electron chi connectivity index (χ3n) is 3.99. The molecule has 0 saturated heterocycles. The number of methoxy groups -OCH3 is 1. The monoisotopic (exact) mass is 408 g/mol. The molecule has 1 unspecified atom stereocenters. The Labute approximate surface area is 164 Å². The van der Waals surface area contributed by atoms with Crippen LogP contribution in [0.3, 0.4) is 0 Å². The summed E-state index contributed by atoms with van der Waals surface area (Å²) in [5.74, 6) is -0.705. The Kier molecular flexibility index (Phi) is 5.98. The normalized spacial score (nSPS) is 14.1. The second-order valence-corrected chi connectivity index (χ2v) is 7.21. The van der Waals surface area contributed by atoms with E-state index in [1.165, 1.54) is 23.3 Å². The first-order valence-electron chi connectivity index (χ1n) is 8.10. The van der Waals surface area contributed by atoms with Gasteiger partial charge in [-0.05, 0) is 29.6 Å². The van der Waals surface area contributed by atoms with Crippen molar-refractivity contribution in [1.29, 1.82) is 0 Å². The molecule has 0 bridgehead atoms. The van der Waals surface area contributed by atoms with Crippen LogP contribution in [0.15, 0.2) is 35.7 Å². The van der Waals surface area contributed by atoms with Gasteiger partial charge < -0.3 is 14.8 Å². The number of hydrogen-bond acceptors (Lipinski definition) is 6. The van der Waals surface area contributed by atoms with E-state index in [4.69, 9.17) is 21.1 Å². The molecule has 27 heavy (non-hydrogen) atoms. The standard InChI is InChI=1S/C18H17ClN2O5S/c1-25-18(24)8-12(15-3-2-6-27-15)20-16(22)9-21-13-7-11(19)4-5-14(13)26-10-17(21)23/h2-7,12H,8-10H2,1H3,(H,20,22). The Morgan fingerprint density at radius 1 is 1.41 bits per heavy atom. The number of nitrogens with zero attached hydrogens (tertiary/aromatic N) is 1. The minimum atomic E-state index is -0.528. The highest BCUT2D eigenvalue weighted by atomic mass is 35.5. The number of rotatable bonds is 6. The van der Waals surface area contributed by atoms with Crippen LogP contribution in [-0.4, -0.2) is 38.0 Å². The van der Waals surface area contributed by atoms with Crippen molar-refractivity contribution < 1.29 is 23.9 Å². The number of hydrogen-bond donors (Lipinski definition) is 1. The lowest BCUT2D eigenvalue weighted by Crippen LogP contribution is -2.46. The van der Waals surface area contributed by atoms with Crippen molar-refractivity contribution in [1.82, 2.24) is 5.32 Å². The van der Waals surface area contributed by atoms with Crippen molar-refractivity contribution in [3.8, 4) is 5.75 Å². The number of esters is 1. The van der Waals surface area contributed by atoms with E-state index >= 15 is 0 Å². The number of carbonyl (C=O) groups excluding carboxylic acids is 3. The number of fused-ring (bicyclic) bond motifs is 1. The molecule has 2 aromatic rings. The molecular formula is C18H17ClN2O5S. The second kappa shape index (κ2) is 8.41. The number of thiophene rings is 1. The Hall–Kier alpha value is -2.58. The van der Waals surface area contributed by atoms with Crippen molar-refractivity contribution >= 4 is 46.4 Å². The Balaban J connectivity index is 1.75. The maximum atomic E-state index is 12.6. The predicted molar refractivity (Wildman–Crippen MR) is 101 cm³/mol. The van der Waals surface area contributed by atoms with E-state index in [1.807, 2.05) is 17.5 Å². The molecule has 1 aromatic heterocycles. The maximum absolute atomic E-state index is 12.6. The molecule has 0 saturated carbocycles. The van der Waals surface area contributed by atoms with E-state index in [0.717, 1.165) is 4.88 Å². The number of benzene rings is 1. The van der Waals surface area contributed by atoms with Gasteiger partial charge in [-0.3, -0.25) is 19.3 Å². The van der Waals surface area contributed by atoms with Gasteiger partial charge >= 0.3 is 5.97 Å². The third-order valence-corrected chi connectivity index (χ3v) is 5.21. The summed E-state index contributed by atoms with van der Waals surface area (Å²) in [4.78, 5) is 38.7. The highest BCUT2D eigenvalue weighted by Gasteiger charge is 2.29. The molecule has 1 atom stereocenters. The van der Waals surface area contributed by atoms with Gasteiger partial charge in [-0.2, -0.15) is 0 Å². The first-order chi connectivity index (χ1) is 13.0. The molecule has 0 spiro atoms. The lowest BCUT2D eigenvalue weighted by atomic mass is 10.1. The zero-order valence-corrected chi connectivity index (χ0v) is 16.0. The summed E-state index contributed by atoms with van der Waals surface area (Å²) in [5, 5.41) is 5.09. The smallest absolute Gasteiger partial charge is 0.307 e. The van der Waals surface area contributed by atoms with Gasteiger partial charge in [0.25, 0.3) is 5.91 Å². The maximum Gasteiger partial charge on any atom is 0.307 e. The molecule has 2 amide bonds. The van der Waals surface area contributed by atoms with E-state index in [1.54, 1.807) is 18.2 Å². The van der Waals surface area contributed by atoms with Gasteiger partial charge in [0.2, 0.25) is 5.91 Å². The molecule has 142 valence electrons. The number of amides is 2. The molecule has 0 radical (unpaired) electrons. The third kappa shape index (κ3) is 4.58. The van der Waals surface area contributed by atoms with Crippen LogP contribution in [0.5, 0.6) is 5.75 Å². The minimum Gasteiger partial charge on any atom is -0.482 e.